The molecule has 0 unspecified atom stereocenters. The van der Waals surface area contributed by atoms with Crippen LogP contribution in [-0.2, 0) is 9.53 Å². The Morgan fingerprint density at radius 3 is 2.62 bits per heavy atom. The molecule has 1 fully saturated rings. The van der Waals surface area contributed by atoms with Crippen LogP contribution in [0.15, 0.2) is 0 Å². The molecule has 0 spiro atoms. The van der Waals surface area contributed by atoms with E-state index >= 15 is 0 Å². The number of hydrogen-bond acceptors (Lipinski definition) is 3. The first kappa shape index (κ1) is 10.7. The van der Waals surface area contributed by atoms with Crippen LogP contribution in [0.2, 0.25) is 0 Å². The second-order valence-electron chi connectivity index (χ2n) is 3.84. The van der Waals surface area contributed by atoms with Crippen LogP contribution < -0.4 is 5.73 Å². The van der Waals surface area contributed by atoms with Crippen molar-refractivity contribution in [2.24, 2.45) is 5.73 Å². The molecule has 3 heteroatoms. The average molecular weight is 185 g/mol. The Bertz CT molecular complexity index is 174. The van der Waals surface area contributed by atoms with Crippen LogP contribution in [0.1, 0.15) is 39.0 Å². The van der Waals surface area contributed by atoms with Gasteiger partial charge in [0.25, 0.3) is 0 Å². The summed E-state index contributed by atoms with van der Waals surface area (Å²) >= 11 is 0. The van der Waals surface area contributed by atoms with Gasteiger partial charge in [-0.3, -0.25) is 4.79 Å². The van der Waals surface area contributed by atoms with Gasteiger partial charge in [-0.25, -0.2) is 0 Å². The molecule has 0 aromatic heterocycles. The van der Waals surface area contributed by atoms with E-state index in [-0.39, 0.29) is 12.4 Å². The van der Waals surface area contributed by atoms with E-state index in [0.29, 0.717) is 6.61 Å². The highest BCUT2D eigenvalue weighted by Crippen LogP contribution is 2.27. The summed E-state index contributed by atoms with van der Waals surface area (Å²) in [4.78, 5) is 11.6. The fraction of sp³-hybridized carbons (Fsp3) is 0.900. The van der Waals surface area contributed by atoms with E-state index in [1.807, 2.05) is 6.92 Å². The summed E-state index contributed by atoms with van der Waals surface area (Å²) in [6.45, 7) is 2.88. The van der Waals surface area contributed by atoms with Crippen LogP contribution in [0.25, 0.3) is 0 Å². The lowest BCUT2D eigenvalue weighted by molar-refractivity contribution is -0.128. The van der Waals surface area contributed by atoms with Crippen molar-refractivity contribution >= 4 is 5.78 Å². The summed E-state index contributed by atoms with van der Waals surface area (Å²) in [5, 5.41) is 0. The summed E-state index contributed by atoms with van der Waals surface area (Å²) in [6.07, 6.45) is 4.78. The van der Waals surface area contributed by atoms with Crippen LogP contribution in [0.5, 0.6) is 0 Å². The quantitative estimate of drug-likeness (QED) is 0.656. The maximum atomic E-state index is 11.6. The molecule has 1 saturated carbocycles. The maximum absolute atomic E-state index is 11.6. The Labute approximate surface area is 79.6 Å². The highest BCUT2D eigenvalue weighted by atomic mass is 16.5. The van der Waals surface area contributed by atoms with Gasteiger partial charge in [0.05, 0.1) is 5.54 Å². The van der Waals surface area contributed by atoms with Gasteiger partial charge in [0.15, 0.2) is 5.78 Å². The summed E-state index contributed by atoms with van der Waals surface area (Å²) in [5.41, 5.74) is 5.39. The molecule has 0 bridgehead atoms. The van der Waals surface area contributed by atoms with Crippen molar-refractivity contribution in [3.63, 3.8) is 0 Å². The molecule has 0 amide bonds. The zero-order valence-corrected chi connectivity index (χ0v) is 8.34. The first-order chi connectivity index (χ1) is 6.19. The van der Waals surface area contributed by atoms with Crippen molar-refractivity contribution in [2.75, 3.05) is 13.2 Å². The standard InChI is InChI=1S/C10H19NO2/c1-2-7-13-8-9(12)10(11)5-3-4-6-10/h2-8,11H2,1H3. The molecule has 13 heavy (non-hydrogen) atoms. The Morgan fingerprint density at radius 2 is 2.08 bits per heavy atom. The van der Waals surface area contributed by atoms with Crippen molar-refractivity contribution in [3.8, 4) is 0 Å². The smallest absolute Gasteiger partial charge is 0.178 e. The minimum absolute atomic E-state index is 0.0819. The molecule has 0 atom stereocenters. The second-order valence-corrected chi connectivity index (χ2v) is 3.84. The molecular weight excluding hydrogens is 166 g/mol. The highest BCUT2D eigenvalue weighted by Gasteiger charge is 2.36. The van der Waals surface area contributed by atoms with Crippen LogP contribution in [0.4, 0.5) is 0 Å². The normalized spacial score (nSPS) is 20.5. The third-order valence-electron chi connectivity index (χ3n) is 2.63. The predicted octanol–water partition coefficient (Wildman–Crippen LogP) is 1.25. The Hall–Kier alpha value is -0.410. The summed E-state index contributed by atoms with van der Waals surface area (Å²) in [7, 11) is 0. The fourth-order valence-electron chi connectivity index (χ4n) is 1.74. The molecule has 0 aromatic rings. The number of carbonyl (C=O) groups excluding carboxylic acids is 1. The van der Waals surface area contributed by atoms with E-state index in [2.05, 4.69) is 0 Å². The molecule has 0 aromatic carbocycles. The minimum atomic E-state index is -0.562. The number of rotatable bonds is 5. The SMILES string of the molecule is CCCOCC(=O)C1(N)CCCC1. The van der Waals surface area contributed by atoms with Crippen molar-refractivity contribution in [3.05, 3.63) is 0 Å². The Morgan fingerprint density at radius 1 is 1.46 bits per heavy atom. The van der Waals surface area contributed by atoms with Gasteiger partial charge in [-0.2, -0.15) is 0 Å². The van der Waals surface area contributed by atoms with E-state index in [4.69, 9.17) is 10.5 Å². The molecule has 0 aliphatic heterocycles. The van der Waals surface area contributed by atoms with E-state index in [1.165, 1.54) is 0 Å². The highest BCUT2D eigenvalue weighted by molar-refractivity contribution is 5.89. The number of ketones is 1. The molecule has 3 nitrogen and oxygen atoms in total. The predicted molar refractivity (Wildman–Crippen MR) is 51.5 cm³/mol. The van der Waals surface area contributed by atoms with E-state index in [1.54, 1.807) is 0 Å². The van der Waals surface area contributed by atoms with Crippen LogP contribution in [0.3, 0.4) is 0 Å². The number of Topliss-reactive ketones (excluding diaryl/α,β-unsaturated/α-hetero) is 1. The molecule has 1 aliphatic rings. The Balaban J connectivity index is 2.29. The first-order valence-electron chi connectivity index (χ1n) is 5.09. The largest absolute Gasteiger partial charge is 0.374 e. The van der Waals surface area contributed by atoms with Crippen molar-refractivity contribution in [1.82, 2.24) is 0 Å². The van der Waals surface area contributed by atoms with Gasteiger partial charge >= 0.3 is 0 Å². The summed E-state index contributed by atoms with van der Waals surface area (Å²) in [6, 6.07) is 0. The number of hydrogen-bond donors (Lipinski definition) is 1. The van der Waals surface area contributed by atoms with Crippen molar-refractivity contribution in [2.45, 2.75) is 44.6 Å². The summed E-state index contributed by atoms with van der Waals surface area (Å²) < 4.78 is 5.19. The zero-order valence-electron chi connectivity index (χ0n) is 8.34. The third kappa shape index (κ3) is 2.78. The van der Waals surface area contributed by atoms with Gasteiger partial charge in [0.1, 0.15) is 6.61 Å². The van der Waals surface area contributed by atoms with Gasteiger partial charge < -0.3 is 10.5 Å². The molecular formula is C10H19NO2. The molecule has 0 saturated heterocycles. The van der Waals surface area contributed by atoms with E-state index in [9.17, 15) is 4.79 Å². The molecule has 1 rings (SSSR count). The van der Waals surface area contributed by atoms with Crippen LogP contribution in [0, 0.1) is 0 Å². The first-order valence-corrected chi connectivity index (χ1v) is 5.09. The van der Waals surface area contributed by atoms with Crippen LogP contribution >= 0.6 is 0 Å². The Kier molecular flexibility index (Phi) is 3.88. The number of nitrogens with two attached hydrogens (primary N) is 1. The zero-order chi connectivity index (χ0) is 9.73. The van der Waals surface area contributed by atoms with Gasteiger partial charge in [0.2, 0.25) is 0 Å². The molecule has 76 valence electrons. The molecule has 1 aliphatic carbocycles. The third-order valence-corrected chi connectivity index (χ3v) is 2.63. The van der Waals surface area contributed by atoms with Gasteiger partial charge in [-0.1, -0.05) is 19.8 Å². The minimum Gasteiger partial charge on any atom is -0.374 e. The summed E-state index contributed by atoms with van der Waals surface area (Å²) in [5.74, 6) is 0.0819. The lowest BCUT2D eigenvalue weighted by Gasteiger charge is -2.21. The van der Waals surface area contributed by atoms with Gasteiger partial charge in [-0.05, 0) is 19.3 Å². The molecule has 0 heterocycles. The van der Waals surface area contributed by atoms with E-state index < -0.39 is 5.54 Å². The monoisotopic (exact) mass is 185 g/mol. The second kappa shape index (κ2) is 4.72. The van der Waals surface area contributed by atoms with E-state index in [0.717, 1.165) is 32.1 Å². The molecule has 0 radical (unpaired) electrons. The molecule has 2 N–H and O–H groups in total. The van der Waals surface area contributed by atoms with Crippen LogP contribution in [-0.4, -0.2) is 24.5 Å². The fourth-order valence-corrected chi connectivity index (χ4v) is 1.74. The topological polar surface area (TPSA) is 52.3 Å². The van der Waals surface area contributed by atoms with Gasteiger partial charge in [0, 0.05) is 6.61 Å². The van der Waals surface area contributed by atoms with Crippen molar-refractivity contribution in [1.29, 1.82) is 0 Å². The lowest BCUT2D eigenvalue weighted by atomic mass is 9.94. The number of ether oxygens (including phenoxy) is 1. The average Bonchev–Trinajstić information content (AvgIpc) is 2.54. The van der Waals surface area contributed by atoms with Gasteiger partial charge in [-0.15, -0.1) is 0 Å². The van der Waals surface area contributed by atoms with Crippen molar-refractivity contribution < 1.29 is 9.53 Å². The maximum Gasteiger partial charge on any atom is 0.178 e. The number of carbonyl (C=O) groups is 1. The lowest BCUT2D eigenvalue weighted by Crippen LogP contribution is -2.47.